The standard InChI is InChI=1S/C18H18N4O3/c1-11-16(12-6-4-3-5-7-12)17-19-14-9-21(15(23)10-25-2)8-13(14)18(24)22(17)20-11/h3-7,20H,8-10H2,1-2H3. The summed E-state index contributed by atoms with van der Waals surface area (Å²) in [5.74, 6) is -0.145. The molecule has 0 atom stereocenters. The van der Waals surface area contributed by atoms with Gasteiger partial charge < -0.3 is 9.64 Å². The van der Waals surface area contributed by atoms with Gasteiger partial charge in [-0.05, 0) is 12.5 Å². The summed E-state index contributed by atoms with van der Waals surface area (Å²) in [7, 11) is 1.48. The first-order chi connectivity index (χ1) is 12.1. The molecule has 0 spiro atoms. The lowest BCUT2D eigenvalue weighted by Crippen LogP contribution is -2.29. The average Bonchev–Trinajstić information content (AvgIpc) is 3.17. The maximum absolute atomic E-state index is 12.9. The zero-order chi connectivity index (χ0) is 17.6. The Balaban J connectivity index is 1.85. The minimum atomic E-state index is -0.155. The second-order valence-electron chi connectivity index (χ2n) is 6.16. The first-order valence-corrected chi connectivity index (χ1v) is 8.05. The highest BCUT2D eigenvalue weighted by molar-refractivity contribution is 5.80. The van der Waals surface area contributed by atoms with Gasteiger partial charge in [-0.2, -0.15) is 0 Å². The van der Waals surface area contributed by atoms with Crippen molar-refractivity contribution in [2.24, 2.45) is 0 Å². The Hall–Kier alpha value is -2.93. The van der Waals surface area contributed by atoms with Crippen molar-refractivity contribution in [2.75, 3.05) is 13.7 Å². The van der Waals surface area contributed by atoms with Crippen LogP contribution in [0.5, 0.6) is 0 Å². The van der Waals surface area contributed by atoms with E-state index in [4.69, 9.17) is 9.72 Å². The Morgan fingerprint density at radius 1 is 1.28 bits per heavy atom. The fourth-order valence-corrected chi connectivity index (χ4v) is 3.32. The smallest absolute Gasteiger partial charge is 0.278 e. The Bertz CT molecular complexity index is 1020. The van der Waals surface area contributed by atoms with Crippen LogP contribution in [0.2, 0.25) is 0 Å². The first kappa shape index (κ1) is 15.6. The third kappa shape index (κ3) is 2.44. The van der Waals surface area contributed by atoms with E-state index in [1.165, 1.54) is 11.6 Å². The van der Waals surface area contributed by atoms with Crippen molar-refractivity contribution in [3.8, 4) is 11.1 Å². The van der Waals surface area contributed by atoms with Crippen LogP contribution in [0.15, 0.2) is 35.1 Å². The van der Waals surface area contributed by atoms with Crippen molar-refractivity contribution in [1.82, 2.24) is 19.5 Å². The number of fused-ring (bicyclic) bond motifs is 2. The molecular formula is C18H18N4O3. The number of benzene rings is 1. The molecule has 0 radical (unpaired) electrons. The van der Waals surface area contributed by atoms with Gasteiger partial charge in [-0.3, -0.25) is 14.7 Å². The molecular weight excluding hydrogens is 320 g/mol. The number of carbonyl (C=O) groups is 1. The topological polar surface area (TPSA) is 79.7 Å². The van der Waals surface area contributed by atoms with Crippen molar-refractivity contribution in [3.63, 3.8) is 0 Å². The Labute approximate surface area is 143 Å². The Kier molecular flexibility index (Phi) is 3.65. The van der Waals surface area contributed by atoms with E-state index >= 15 is 0 Å². The molecule has 2 aromatic heterocycles. The summed E-state index contributed by atoms with van der Waals surface area (Å²) in [6.45, 7) is 2.53. The molecule has 0 aliphatic carbocycles. The molecule has 4 rings (SSSR count). The van der Waals surface area contributed by atoms with Crippen LogP contribution >= 0.6 is 0 Å². The molecule has 25 heavy (non-hydrogen) atoms. The lowest BCUT2D eigenvalue weighted by atomic mass is 10.1. The first-order valence-electron chi connectivity index (χ1n) is 8.05. The number of carbonyl (C=O) groups excluding carboxylic acids is 1. The van der Waals surface area contributed by atoms with Gasteiger partial charge >= 0.3 is 0 Å². The number of nitrogens with one attached hydrogen (secondary N) is 1. The van der Waals surface area contributed by atoms with Crippen LogP contribution in [0.4, 0.5) is 0 Å². The second kappa shape index (κ2) is 5.86. The number of aromatic nitrogens is 3. The number of methoxy groups -OCH3 is 1. The van der Waals surface area contributed by atoms with E-state index in [1.807, 2.05) is 37.3 Å². The number of aryl methyl sites for hydroxylation is 1. The minimum Gasteiger partial charge on any atom is -0.375 e. The number of ether oxygens (including phenoxy) is 1. The average molecular weight is 338 g/mol. The van der Waals surface area contributed by atoms with Crippen molar-refractivity contribution < 1.29 is 9.53 Å². The van der Waals surface area contributed by atoms with E-state index in [2.05, 4.69) is 5.10 Å². The summed E-state index contributed by atoms with van der Waals surface area (Å²) >= 11 is 0. The van der Waals surface area contributed by atoms with E-state index in [0.29, 0.717) is 23.4 Å². The van der Waals surface area contributed by atoms with Crippen LogP contribution in [0, 0.1) is 6.92 Å². The molecule has 1 aromatic carbocycles. The van der Waals surface area contributed by atoms with Crippen LogP contribution in [0.25, 0.3) is 16.8 Å². The number of rotatable bonds is 3. The monoisotopic (exact) mass is 338 g/mol. The van der Waals surface area contributed by atoms with Crippen molar-refractivity contribution >= 4 is 11.6 Å². The zero-order valence-electron chi connectivity index (χ0n) is 14.1. The molecule has 7 heteroatoms. The lowest BCUT2D eigenvalue weighted by molar-refractivity contribution is -0.135. The van der Waals surface area contributed by atoms with Gasteiger partial charge in [0, 0.05) is 18.4 Å². The SMILES string of the molecule is COCC(=O)N1Cc2nc3c(-c4ccccc4)c(C)[nH]n3c(=O)c2C1. The van der Waals surface area contributed by atoms with Crippen LogP contribution in [0.1, 0.15) is 17.0 Å². The predicted molar refractivity (Wildman–Crippen MR) is 92.1 cm³/mol. The minimum absolute atomic E-state index is 0.00155. The summed E-state index contributed by atoms with van der Waals surface area (Å²) < 4.78 is 6.37. The Morgan fingerprint density at radius 2 is 2.04 bits per heavy atom. The molecule has 7 nitrogen and oxygen atoms in total. The van der Waals surface area contributed by atoms with Gasteiger partial charge in [0.15, 0.2) is 5.65 Å². The van der Waals surface area contributed by atoms with Crippen molar-refractivity contribution in [1.29, 1.82) is 0 Å². The third-order valence-electron chi connectivity index (χ3n) is 4.51. The lowest BCUT2D eigenvalue weighted by Gasteiger charge is -2.13. The van der Waals surface area contributed by atoms with Gasteiger partial charge in [0.05, 0.1) is 24.3 Å². The normalized spacial score (nSPS) is 13.4. The van der Waals surface area contributed by atoms with Crippen LogP contribution in [0.3, 0.4) is 0 Å². The summed E-state index contributed by atoms with van der Waals surface area (Å²) in [6.07, 6.45) is 0. The van der Waals surface area contributed by atoms with Crippen LogP contribution in [-0.2, 0) is 22.6 Å². The number of nitrogens with zero attached hydrogens (tertiary/aromatic N) is 3. The highest BCUT2D eigenvalue weighted by Gasteiger charge is 2.29. The predicted octanol–water partition coefficient (Wildman–Crippen LogP) is 1.49. The molecule has 128 valence electrons. The summed E-state index contributed by atoms with van der Waals surface area (Å²) in [6, 6.07) is 9.84. The van der Waals surface area contributed by atoms with Crippen LogP contribution < -0.4 is 5.56 Å². The van der Waals surface area contributed by atoms with E-state index in [-0.39, 0.29) is 24.6 Å². The molecule has 1 amide bonds. The maximum Gasteiger partial charge on any atom is 0.278 e. The van der Waals surface area contributed by atoms with Gasteiger partial charge in [-0.25, -0.2) is 9.50 Å². The van der Waals surface area contributed by atoms with Gasteiger partial charge in [-0.15, -0.1) is 0 Å². The highest BCUT2D eigenvalue weighted by Crippen LogP contribution is 2.28. The fourth-order valence-electron chi connectivity index (χ4n) is 3.32. The fraction of sp³-hybridized carbons (Fsp3) is 0.278. The Morgan fingerprint density at radius 3 is 2.76 bits per heavy atom. The largest absolute Gasteiger partial charge is 0.375 e. The van der Waals surface area contributed by atoms with Crippen molar-refractivity contribution in [3.05, 3.63) is 57.6 Å². The second-order valence-corrected chi connectivity index (χ2v) is 6.16. The molecule has 0 bridgehead atoms. The number of amides is 1. The third-order valence-corrected chi connectivity index (χ3v) is 4.51. The summed E-state index contributed by atoms with van der Waals surface area (Å²) in [5.41, 5.74) is 4.44. The molecule has 0 saturated heterocycles. The molecule has 0 unspecified atom stereocenters. The van der Waals surface area contributed by atoms with Gasteiger partial charge in [0.2, 0.25) is 5.91 Å². The summed E-state index contributed by atoms with van der Waals surface area (Å²) in [4.78, 5) is 31.2. The van der Waals surface area contributed by atoms with Gasteiger partial charge in [-0.1, -0.05) is 30.3 Å². The molecule has 3 aromatic rings. The van der Waals surface area contributed by atoms with Crippen LogP contribution in [-0.4, -0.2) is 39.1 Å². The molecule has 3 heterocycles. The molecule has 1 N–H and O–H groups in total. The zero-order valence-corrected chi connectivity index (χ0v) is 14.1. The highest BCUT2D eigenvalue weighted by atomic mass is 16.5. The van der Waals surface area contributed by atoms with E-state index < -0.39 is 0 Å². The van der Waals surface area contributed by atoms with Gasteiger partial charge in [0.25, 0.3) is 5.56 Å². The van der Waals surface area contributed by atoms with E-state index in [1.54, 1.807) is 4.90 Å². The van der Waals surface area contributed by atoms with Gasteiger partial charge in [0.1, 0.15) is 6.61 Å². The quantitative estimate of drug-likeness (QED) is 0.785. The molecule has 1 aliphatic rings. The van der Waals surface area contributed by atoms with E-state index in [0.717, 1.165) is 16.8 Å². The van der Waals surface area contributed by atoms with E-state index in [9.17, 15) is 9.59 Å². The molecule has 0 saturated carbocycles. The number of hydrogen-bond donors (Lipinski definition) is 1. The number of aromatic amines is 1. The molecule has 1 aliphatic heterocycles. The maximum atomic E-state index is 12.9. The number of H-pyrrole nitrogens is 1. The van der Waals surface area contributed by atoms with Crippen molar-refractivity contribution in [2.45, 2.75) is 20.0 Å². The number of hydrogen-bond acceptors (Lipinski definition) is 4. The molecule has 0 fully saturated rings. The summed E-state index contributed by atoms with van der Waals surface area (Å²) in [5, 5.41) is 3.11.